The smallest absolute Gasteiger partial charge is 0.325 e. The zero-order valence-electron chi connectivity index (χ0n) is 10.3. The fourth-order valence-electron chi connectivity index (χ4n) is 2.55. The quantitative estimate of drug-likeness (QED) is 0.618. The van der Waals surface area contributed by atoms with Gasteiger partial charge in [0.15, 0.2) is 5.60 Å². The van der Waals surface area contributed by atoms with Gasteiger partial charge in [0.1, 0.15) is 5.38 Å². The lowest BCUT2D eigenvalue weighted by Crippen LogP contribution is -2.27. The molecular weight excluding hydrogens is 260 g/mol. The summed E-state index contributed by atoms with van der Waals surface area (Å²) in [4.78, 5) is 11.8. The Kier molecular flexibility index (Phi) is 3.03. The van der Waals surface area contributed by atoms with E-state index in [9.17, 15) is 4.79 Å². The van der Waals surface area contributed by atoms with Crippen LogP contribution in [0.1, 0.15) is 17.5 Å². The monoisotopic (exact) mass is 272 g/mol. The van der Waals surface area contributed by atoms with Gasteiger partial charge in [-0.15, -0.1) is 11.6 Å². The van der Waals surface area contributed by atoms with Gasteiger partial charge in [-0.3, -0.25) is 4.79 Å². The van der Waals surface area contributed by atoms with Crippen LogP contribution in [0.15, 0.2) is 60.7 Å². The Bertz CT molecular complexity index is 541. The van der Waals surface area contributed by atoms with E-state index in [0.29, 0.717) is 6.42 Å². The fraction of sp³-hybridized carbons (Fsp3) is 0.188. The number of alkyl halides is 1. The van der Waals surface area contributed by atoms with E-state index in [4.69, 9.17) is 16.3 Å². The molecule has 1 unspecified atom stereocenters. The first-order valence-electron chi connectivity index (χ1n) is 6.20. The molecule has 19 heavy (non-hydrogen) atoms. The van der Waals surface area contributed by atoms with Gasteiger partial charge in [-0.2, -0.15) is 0 Å². The van der Waals surface area contributed by atoms with Gasteiger partial charge in [0.05, 0.1) is 0 Å². The van der Waals surface area contributed by atoms with E-state index in [0.717, 1.165) is 11.1 Å². The summed E-state index contributed by atoms with van der Waals surface area (Å²) in [5.41, 5.74) is 1.15. The molecule has 2 nitrogen and oxygen atoms in total. The lowest BCUT2D eigenvalue weighted by atomic mass is 9.84. The van der Waals surface area contributed by atoms with Crippen LogP contribution in [0.4, 0.5) is 0 Å². The van der Waals surface area contributed by atoms with E-state index >= 15 is 0 Å². The van der Waals surface area contributed by atoms with Crippen LogP contribution in [-0.2, 0) is 15.1 Å². The molecular formula is C16H13ClO2. The predicted octanol–water partition coefficient (Wildman–Crippen LogP) is 3.48. The molecule has 1 aliphatic heterocycles. The van der Waals surface area contributed by atoms with Crippen LogP contribution in [0, 0.1) is 0 Å². The first kappa shape index (κ1) is 12.2. The number of ether oxygens (including phenoxy) is 1. The molecule has 0 amide bonds. The molecule has 96 valence electrons. The lowest BCUT2D eigenvalue weighted by Gasteiger charge is -2.28. The predicted molar refractivity (Wildman–Crippen MR) is 74.0 cm³/mol. The Morgan fingerprint density at radius 2 is 1.42 bits per heavy atom. The first-order chi connectivity index (χ1) is 9.22. The minimum Gasteiger partial charge on any atom is -0.448 e. The van der Waals surface area contributed by atoms with Crippen molar-refractivity contribution in [3.05, 3.63) is 71.8 Å². The van der Waals surface area contributed by atoms with Crippen molar-refractivity contribution >= 4 is 17.6 Å². The molecule has 1 atom stereocenters. The van der Waals surface area contributed by atoms with Crippen LogP contribution in [0.2, 0.25) is 0 Å². The van der Waals surface area contributed by atoms with E-state index in [2.05, 4.69) is 0 Å². The van der Waals surface area contributed by atoms with Crippen LogP contribution in [0.25, 0.3) is 0 Å². The SMILES string of the molecule is O=C1OC(c2ccccc2)(c2ccccc2)CC1Cl. The highest BCUT2D eigenvalue weighted by Crippen LogP contribution is 2.44. The average molecular weight is 273 g/mol. The number of cyclic esters (lactones) is 1. The normalized spacial score (nSPS) is 21.1. The maximum Gasteiger partial charge on any atom is 0.325 e. The molecule has 0 aromatic heterocycles. The molecule has 1 fully saturated rings. The summed E-state index contributed by atoms with van der Waals surface area (Å²) in [6, 6.07) is 19.5. The van der Waals surface area contributed by atoms with Gasteiger partial charge >= 0.3 is 5.97 Å². The molecule has 0 spiro atoms. The fourth-order valence-corrected chi connectivity index (χ4v) is 2.81. The Morgan fingerprint density at radius 3 is 1.79 bits per heavy atom. The number of benzene rings is 2. The van der Waals surface area contributed by atoms with Gasteiger partial charge in [-0.1, -0.05) is 60.7 Å². The molecule has 0 aliphatic carbocycles. The van der Waals surface area contributed by atoms with Gasteiger partial charge < -0.3 is 4.74 Å². The third kappa shape index (κ3) is 2.02. The van der Waals surface area contributed by atoms with E-state index in [1.807, 2.05) is 60.7 Å². The van der Waals surface area contributed by atoms with E-state index < -0.39 is 11.0 Å². The molecule has 2 aromatic carbocycles. The van der Waals surface area contributed by atoms with Crippen molar-refractivity contribution < 1.29 is 9.53 Å². The van der Waals surface area contributed by atoms with Crippen molar-refractivity contribution in [1.82, 2.24) is 0 Å². The Labute approximate surface area is 117 Å². The second kappa shape index (κ2) is 4.71. The highest BCUT2D eigenvalue weighted by Gasteiger charge is 2.48. The summed E-state index contributed by atoms with van der Waals surface area (Å²) in [5.74, 6) is -0.352. The summed E-state index contributed by atoms with van der Waals surface area (Å²) in [6.45, 7) is 0. The largest absolute Gasteiger partial charge is 0.448 e. The molecule has 0 bridgehead atoms. The Morgan fingerprint density at radius 1 is 0.947 bits per heavy atom. The van der Waals surface area contributed by atoms with E-state index in [1.54, 1.807) is 0 Å². The van der Waals surface area contributed by atoms with E-state index in [1.165, 1.54) is 0 Å². The molecule has 1 saturated heterocycles. The van der Waals surface area contributed by atoms with Crippen molar-refractivity contribution in [2.24, 2.45) is 0 Å². The van der Waals surface area contributed by atoms with E-state index in [-0.39, 0.29) is 5.97 Å². The summed E-state index contributed by atoms with van der Waals surface area (Å²) in [7, 11) is 0. The van der Waals surface area contributed by atoms with Crippen LogP contribution < -0.4 is 0 Å². The molecule has 1 heterocycles. The Hall–Kier alpha value is -1.80. The Balaban J connectivity index is 2.15. The second-order valence-electron chi connectivity index (χ2n) is 4.65. The van der Waals surface area contributed by atoms with Crippen molar-refractivity contribution in [2.45, 2.75) is 17.4 Å². The molecule has 3 rings (SSSR count). The lowest BCUT2D eigenvalue weighted by molar-refractivity contribution is -0.146. The second-order valence-corrected chi connectivity index (χ2v) is 5.18. The molecule has 1 aliphatic rings. The third-order valence-electron chi connectivity index (χ3n) is 3.48. The number of hydrogen-bond donors (Lipinski definition) is 0. The van der Waals surface area contributed by atoms with Gasteiger partial charge in [0.2, 0.25) is 0 Å². The minimum atomic E-state index is -0.758. The van der Waals surface area contributed by atoms with Crippen LogP contribution in [0.5, 0.6) is 0 Å². The van der Waals surface area contributed by atoms with Gasteiger partial charge in [-0.25, -0.2) is 0 Å². The molecule has 0 saturated carbocycles. The summed E-state index contributed by atoms with van der Waals surface area (Å²) >= 11 is 6.07. The summed E-state index contributed by atoms with van der Waals surface area (Å²) in [5, 5.41) is -0.597. The third-order valence-corrected chi connectivity index (χ3v) is 3.81. The highest BCUT2D eigenvalue weighted by molar-refractivity contribution is 6.30. The molecule has 3 heteroatoms. The van der Waals surface area contributed by atoms with Crippen LogP contribution in [-0.4, -0.2) is 11.3 Å². The maximum absolute atomic E-state index is 11.8. The number of carbonyl (C=O) groups is 1. The van der Waals surface area contributed by atoms with Crippen molar-refractivity contribution in [1.29, 1.82) is 0 Å². The minimum absolute atomic E-state index is 0.352. The molecule has 2 aromatic rings. The number of esters is 1. The standard InChI is InChI=1S/C16H13ClO2/c17-14-11-16(19-15(14)18,12-7-3-1-4-8-12)13-9-5-2-6-10-13/h1-10,14H,11H2. The zero-order chi connectivity index (χ0) is 13.3. The number of halogens is 1. The van der Waals surface area contributed by atoms with Crippen LogP contribution >= 0.6 is 11.6 Å². The van der Waals surface area contributed by atoms with Crippen molar-refractivity contribution in [3.8, 4) is 0 Å². The molecule has 0 radical (unpaired) electrons. The number of carbonyl (C=O) groups excluding carboxylic acids is 1. The first-order valence-corrected chi connectivity index (χ1v) is 6.64. The summed E-state index contributed by atoms with van der Waals surface area (Å²) < 4.78 is 5.66. The molecule has 0 N–H and O–H groups in total. The number of rotatable bonds is 2. The van der Waals surface area contributed by atoms with Crippen molar-refractivity contribution in [3.63, 3.8) is 0 Å². The van der Waals surface area contributed by atoms with Gasteiger partial charge in [0, 0.05) is 17.5 Å². The zero-order valence-corrected chi connectivity index (χ0v) is 11.0. The number of hydrogen-bond acceptors (Lipinski definition) is 2. The van der Waals surface area contributed by atoms with Crippen molar-refractivity contribution in [2.75, 3.05) is 0 Å². The topological polar surface area (TPSA) is 26.3 Å². The summed E-state index contributed by atoms with van der Waals surface area (Å²) in [6.07, 6.45) is 0.460. The maximum atomic E-state index is 11.8. The highest BCUT2D eigenvalue weighted by atomic mass is 35.5. The van der Waals surface area contributed by atoms with Gasteiger partial charge in [-0.05, 0) is 0 Å². The van der Waals surface area contributed by atoms with Crippen LogP contribution in [0.3, 0.4) is 0 Å². The average Bonchev–Trinajstić information content (AvgIpc) is 2.78. The van der Waals surface area contributed by atoms with Gasteiger partial charge in [0.25, 0.3) is 0 Å².